The number of hydrogen-bond acceptors (Lipinski definition) is 4. The summed E-state index contributed by atoms with van der Waals surface area (Å²) in [6, 6.07) is 14.4. The predicted molar refractivity (Wildman–Crippen MR) is 143 cm³/mol. The largest absolute Gasteiger partial charge is 0.392 e. The lowest BCUT2D eigenvalue weighted by molar-refractivity contribution is 0.0703. The molecular weight excluding hydrogens is 460 g/mol. The summed E-state index contributed by atoms with van der Waals surface area (Å²) in [6.45, 7) is 6.12. The molecular formula is C28H31ClN4O2. The molecule has 0 saturated carbocycles. The molecule has 0 unspecified atom stereocenters. The second kappa shape index (κ2) is 10.2. The highest BCUT2D eigenvalue weighted by Gasteiger charge is 2.16. The molecule has 1 aliphatic rings. The third kappa shape index (κ3) is 4.96. The molecule has 0 radical (unpaired) electrons. The topological polar surface area (TPSA) is 81.2 Å². The Kier molecular flexibility index (Phi) is 7.26. The maximum absolute atomic E-state index is 12.6. The van der Waals surface area contributed by atoms with E-state index in [-0.39, 0.29) is 18.3 Å². The number of aliphatic hydroxyl groups is 1. The number of aromatic amines is 1. The first kappa shape index (κ1) is 24.9. The van der Waals surface area contributed by atoms with Crippen LogP contribution in [0.15, 0.2) is 54.9 Å². The summed E-state index contributed by atoms with van der Waals surface area (Å²) < 4.78 is 0. The zero-order chi connectivity index (χ0) is 23.8. The number of H-pyrrole nitrogens is 1. The van der Waals surface area contributed by atoms with Gasteiger partial charge in [0.2, 0.25) is 0 Å². The van der Waals surface area contributed by atoms with Crippen molar-refractivity contribution in [1.29, 1.82) is 0 Å². The van der Waals surface area contributed by atoms with Gasteiger partial charge in [-0.3, -0.25) is 4.79 Å². The van der Waals surface area contributed by atoms with E-state index < -0.39 is 6.10 Å². The number of nitrogens with zero attached hydrogens (tertiary/aromatic N) is 2. The molecule has 2 aromatic heterocycles. The number of fused-ring (bicyclic) bond motifs is 2. The average molecular weight is 491 g/mol. The smallest absolute Gasteiger partial charge is 0.253 e. The van der Waals surface area contributed by atoms with Gasteiger partial charge >= 0.3 is 0 Å². The number of pyridine rings is 1. The summed E-state index contributed by atoms with van der Waals surface area (Å²) in [4.78, 5) is 22.1. The Morgan fingerprint density at radius 3 is 2.66 bits per heavy atom. The Bertz CT molecular complexity index is 1360. The summed E-state index contributed by atoms with van der Waals surface area (Å²) >= 11 is 0. The molecule has 0 fully saturated rings. The molecule has 35 heavy (non-hydrogen) atoms. The zero-order valence-electron chi connectivity index (χ0n) is 20.3. The Labute approximate surface area is 211 Å². The first-order valence-corrected chi connectivity index (χ1v) is 11.8. The molecule has 4 aromatic rings. The van der Waals surface area contributed by atoms with Crippen molar-refractivity contribution in [2.75, 3.05) is 20.1 Å². The van der Waals surface area contributed by atoms with Gasteiger partial charge in [-0.25, -0.2) is 4.98 Å². The molecule has 0 spiro atoms. The summed E-state index contributed by atoms with van der Waals surface area (Å²) in [5.41, 5.74) is 9.97. The monoisotopic (exact) mass is 490 g/mol. The van der Waals surface area contributed by atoms with E-state index in [4.69, 9.17) is 0 Å². The lowest BCUT2D eigenvalue weighted by atomic mass is 9.91. The highest BCUT2D eigenvalue weighted by molar-refractivity contribution is 5.98. The molecule has 182 valence electrons. The molecule has 6 nitrogen and oxygen atoms in total. The lowest BCUT2D eigenvalue weighted by Crippen LogP contribution is -2.32. The molecule has 0 bridgehead atoms. The lowest BCUT2D eigenvalue weighted by Gasteiger charge is -2.20. The fraction of sp³-hybridized carbons (Fsp3) is 0.286. The highest BCUT2D eigenvalue weighted by Crippen LogP contribution is 2.33. The number of hydrogen-bond donors (Lipinski definition) is 3. The molecule has 0 aliphatic carbocycles. The van der Waals surface area contributed by atoms with Gasteiger partial charge in [0, 0.05) is 54.6 Å². The minimum atomic E-state index is -0.559. The van der Waals surface area contributed by atoms with Crippen LogP contribution in [0.1, 0.15) is 34.0 Å². The van der Waals surface area contributed by atoms with Crippen molar-refractivity contribution in [3.8, 4) is 22.3 Å². The number of carbonyl (C=O) groups is 1. The van der Waals surface area contributed by atoms with Crippen molar-refractivity contribution in [3.63, 3.8) is 0 Å². The maximum Gasteiger partial charge on any atom is 0.253 e. The summed E-state index contributed by atoms with van der Waals surface area (Å²) in [7, 11) is 1.70. The third-order valence-electron chi connectivity index (χ3n) is 6.63. The fourth-order valence-electron chi connectivity index (χ4n) is 4.86. The van der Waals surface area contributed by atoms with Crippen LogP contribution in [-0.2, 0) is 13.0 Å². The summed E-state index contributed by atoms with van der Waals surface area (Å²) in [5, 5.41) is 14.1. The summed E-state index contributed by atoms with van der Waals surface area (Å²) in [6.07, 6.45) is 4.40. The molecule has 5 rings (SSSR count). The number of aryl methyl sites for hydroxylation is 1. The van der Waals surface area contributed by atoms with Crippen LogP contribution in [0.3, 0.4) is 0 Å². The van der Waals surface area contributed by atoms with Gasteiger partial charge in [-0.1, -0.05) is 24.3 Å². The van der Waals surface area contributed by atoms with Crippen LogP contribution in [0.25, 0.3) is 33.3 Å². The molecule has 7 heteroatoms. The van der Waals surface area contributed by atoms with Crippen LogP contribution in [0.2, 0.25) is 0 Å². The Hall–Kier alpha value is -3.19. The van der Waals surface area contributed by atoms with Gasteiger partial charge < -0.3 is 20.3 Å². The molecule has 0 saturated heterocycles. The minimum Gasteiger partial charge on any atom is -0.392 e. The van der Waals surface area contributed by atoms with Crippen LogP contribution >= 0.6 is 12.4 Å². The quantitative estimate of drug-likeness (QED) is 0.378. The Morgan fingerprint density at radius 1 is 1.14 bits per heavy atom. The van der Waals surface area contributed by atoms with E-state index in [2.05, 4.69) is 40.4 Å². The number of rotatable bonds is 5. The van der Waals surface area contributed by atoms with E-state index in [0.717, 1.165) is 47.2 Å². The van der Waals surface area contributed by atoms with E-state index in [1.807, 2.05) is 36.7 Å². The van der Waals surface area contributed by atoms with E-state index in [9.17, 15) is 9.90 Å². The van der Waals surface area contributed by atoms with Gasteiger partial charge in [0.1, 0.15) is 5.65 Å². The average Bonchev–Trinajstić information content (AvgIpc) is 3.26. The van der Waals surface area contributed by atoms with E-state index in [1.165, 1.54) is 27.2 Å². The normalized spacial score (nSPS) is 13.7. The van der Waals surface area contributed by atoms with Crippen LogP contribution in [0.4, 0.5) is 0 Å². The van der Waals surface area contributed by atoms with Crippen LogP contribution in [0, 0.1) is 6.92 Å². The number of amides is 1. The van der Waals surface area contributed by atoms with Gasteiger partial charge in [-0.2, -0.15) is 0 Å². The van der Waals surface area contributed by atoms with E-state index >= 15 is 0 Å². The van der Waals surface area contributed by atoms with Crippen molar-refractivity contribution >= 4 is 29.3 Å². The van der Waals surface area contributed by atoms with Crippen molar-refractivity contribution < 1.29 is 9.90 Å². The zero-order valence-corrected chi connectivity index (χ0v) is 21.1. The number of likely N-dealkylation sites (N-methyl/N-ethyl adjacent to an activating group) is 1. The van der Waals surface area contributed by atoms with E-state index in [1.54, 1.807) is 14.0 Å². The highest BCUT2D eigenvalue weighted by atomic mass is 35.5. The fourth-order valence-corrected chi connectivity index (χ4v) is 4.86. The number of aliphatic hydroxyl groups excluding tert-OH is 1. The molecule has 1 aliphatic heterocycles. The van der Waals surface area contributed by atoms with Gasteiger partial charge in [0.05, 0.1) is 6.10 Å². The predicted octanol–water partition coefficient (Wildman–Crippen LogP) is 4.73. The molecule has 3 heterocycles. The Balaban J connectivity index is 0.00000289. The third-order valence-corrected chi connectivity index (χ3v) is 6.63. The first-order chi connectivity index (χ1) is 16.4. The van der Waals surface area contributed by atoms with E-state index in [0.29, 0.717) is 12.1 Å². The number of carbonyl (C=O) groups excluding carboxylic acids is 1. The second-order valence-corrected chi connectivity index (χ2v) is 9.29. The van der Waals surface area contributed by atoms with Crippen molar-refractivity contribution in [2.45, 2.75) is 32.9 Å². The first-order valence-electron chi connectivity index (χ1n) is 11.8. The second-order valence-electron chi connectivity index (χ2n) is 9.29. The number of nitrogens with one attached hydrogen (secondary N) is 2. The van der Waals surface area contributed by atoms with Crippen molar-refractivity contribution in [2.24, 2.45) is 0 Å². The number of benzene rings is 2. The molecule has 3 N–H and O–H groups in total. The van der Waals surface area contributed by atoms with Crippen LogP contribution in [0.5, 0.6) is 0 Å². The SMILES string of the molecule is Cc1cc(-c2cnc3[nH]cc(-c4ccc(C(=O)N(C)C[C@H](C)O)cc4)c3c2)cc2c1CNCC2.Cl. The van der Waals surface area contributed by atoms with Crippen molar-refractivity contribution in [3.05, 3.63) is 77.1 Å². The van der Waals surface area contributed by atoms with Gasteiger partial charge in [0.25, 0.3) is 5.91 Å². The van der Waals surface area contributed by atoms with Gasteiger partial charge in [-0.15, -0.1) is 12.4 Å². The van der Waals surface area contributed by atoms with Gasteiger partial charge in [-0.05, 0) is 72.8 Å². The van der Waals surface area contributed by atoms with Crippen LogP contribution in [-0.4, -0.2) is 52.1 Å². The summed E-state index contributed by atoms with van der Waals surface area (Å²) in [5.74, 6) is -0.103. The molecule has 1 amide bonds. The van der Waals surface area contributed by atoms with Gasteiger partial charge in [0.15, 0.2) is 0 Å². The van der Waals surface area contributed by atoms with Crippen LogP contribution < -0.4 is 5.32 Å². The Morgan fingerprint density at radius 2 is 1.91 bits per heavy atom. The number of aromatic nitrogens is 2. The van der Waals surface area contributed by atoms with Crippen molar-refractivity contribution in [1.82, 2.24) is 20.2 Å². The molecule has 2 aromatic carbocycles. The minimum absolute atomic E-state index is 0. The number of halogens is 1. The standard InChI is InChI=1S/C28H30N4O2.ClH/c1-17-10-22(11-21-8-9-29-14-25(17)21)23-12-24-26(15-31-27(24)30-13-23)19-4-6-20(7-5-19)28(34)32(3)16-18(2)33;/h4-7,10-13,15,18,29,33H,8-9,14,16H2,1-3H3,(H,30,31);1H/t18-;/m0./s1. The maximum atomic E-state index is 12.6. The molecule has 1 atom stereocenters.